The van der Waals surface area contributed by atoms with E-state index in [-0.39, 0.29) is 12.7 Å². The average molecular weight is 248 g/mol. The molecule has 0 aromatic carbocycles. The first-order valence-electron chi connectivity index (χ1n) is 6.62. The average Bonchev–Trinajstić information content (AvgIpc) is 2.25. The van der Waals surface area contributed by atoms with Gasteiger partial charge in [-0.15, -0.1) is 0 Å². The Morgan fingerprint density at radius 1 is 1.29 bits per heavy atom. The standard InChI is InChI=1S/C7H14O.C6H14O3/c1-2-6-8-7-4-3-5-7;1-5(8)4-9-6(2)3-7/h7H,2-6H2,1H3;5-8H,3-4H2,1-2H3. The number of rotatable bonds is 7. The molecule has 0 aliphatic heterocycles. The smallest absolute Gasteiger partial charge is 0.0779 e. The number of aliphatic hydroxyl groups is 2. The van der Waals surface area contributed by atoms with Gasteiger partial charge in [-0.25, -0.2) is 0 Å². The van der Waals surface area contributed by atoms with Gasteiger partial charge in [0.1, 0.15) is 0 Å². The molecule has 0 spiro atoms. The van der Waals surface area contributed by atoms with E-state index in [4.69, 9.17) is 19.7 Å². The molecule has 1 fully saturated rings. The first kappa shape index (κ1) is 16.8. The summed E-state index contributed by atoms with van der Waals surface area (Å²) in [5, 5.41) is 17.1. The van der Waals surface area contributed by atoms with Gasteiger partial charge >= 0.3 is 0 Å². The second-order valence-electron chi connectivity index (χ2n) is 4.60. The van der Waals surface area contributed by atoms with Gasteiger partial charge < -0.3 is 19.7 Å². The van der Waals surface area contributed by atoms with Gasteiger partial charge in [-0.1, -0.05) is 6.92 Å². The van der Waals surface area contributed by atoms with Crippen LogP contribution in [0.4, 0.5) is 0 Å². The van der Waals surface area contributed by atoms with E-state index in [9.17, 15) is 0 Å². The van der Waals surface area contributed by atoms with Crippen LogP contribution in [0, 0.1) is 0 Å². The molecular weight excluding hydrogens is 220 g/mol. The Morgan fingerprint density at radius 2 is 1.94 bits per heavy atom. The van der Waals surface area contributed by atoms with Gasteiger partial charge in [0.2, 0.25) is 0 Å². The molecule has 0 radical (unpaired) electrons. The molecule has 4 nitrogen and oxygen atoms in total. The third kappa shape index (κ3) is 10.7. The van der Waals surface area contributed by atoms with Crippen LogP contribution >= 0.6 is 0 Å². The molecule has 4 heteroatoms. The van der Waals surface area contributed by atoms with Gasteiger partial charge in [0, 0.05) is 6.61 Å². The van der Waals surface area contributed by atoms with E-state index in [2.05, 4.69) is 6.92 Å². The highest BCUT2D eigenvalue weighted by Gasteiger charge is 2.16. The van der Waals surface area contributed by atoms with Crippen LogP contribution in [-0.2, 0) is 9.47 Å². The lowest BCUT2D eigenvalue weighted by atomic mass is 9.96. The Bertz CT molecular complexity index is 157. The minimum Gasteiger partial charge on any atom is -0.394 e. The SMILES string of the molecule is CC(O)COC(C)CO.CCCOC1CCC1. The minimum atomic E-state index is -0.445. The molecule has 1 rings (SSSR count). The van der Waals surface area contributed by atoms with Crippen molar-refractivity contribution < 1.29 is 19.7 Å². The van der Waals surface area contributed by atoms with Crippen molar-refractivity contribution in [1.29, 1.82) is 0 Å². The summed E-state index contributed by atoms with van der Waals surface area (Å²) >= 11 is 0. The number of aliphatic hydroxyl groups excluding tert-OH is 2. The predicted molar refractivity (Wildman–Crippen MR) is 68.1 cm³/mol. The molecule has 0 saturated heterocycles. The summed E-state index contributed by atoms with van der Waals surface area (Å²) in [4.78, 5) is 0. The molecule has 1 aliphatic carbocycles. The molecule has 2 unspecified atom stereocenters. The Kier molecular flexibility index (Phi) is 10.9. The lowest BCUT2D eigenvalue weighted by Gasteiger charge is -2.25. The molecular formula is C13H28O4. The zero-order chi connectivity index (χ0) is 13.1. The van der Waals surface area contributed by atoms with Crippen molar-refractivity contribution in [2.75, 3.05) is 19.8 Å². The highest BCUT2D eigenvalue weighted by molar-refractivity contribution is 4.68. The maximum atomic E-state index is 8.69. The van der Waals surface area contributed by atoms with E-state index < -0.39 is 6.10 Å². The zero-order valence-corrected chi connectivity index (χ0v) is 11.4. The summed E-state index contributed by atoms with van der Waals surface area (Å²) in [6.45, 7) is 6.81. The highest BCUT2D eigenvalue weighted by atomic mass is 16.5. The fourth-order valence-corrected chi connectivity index (χ4v) is 1.18. The molecule has 104 valence electrons. The molecule has 0 bridgehead atoms. The van der Waals surface area contributed by atoms with E-state index in [1.165, 1.54) is 19.3 Å². The number of hydrogen-bond donors (Lipinski definition) is 2. The van der Waals surface area contributed by atoms with Crippen LogP contribution in [0.25, 0.3) is 0 Å². The lowest BCUT2D eigenvalue weighted by Crippen LogP contribution is -2.21. The first-order chi connectivity index (χ1) is 8.10. The van der Waals surface area contributed by atoms with Crippen molar-refractivity contribution in [3.63, 3.8) is 0 Å². The molecule has 0 heterocycles. The largest absolute Gasteiger partial charge is 0.394 e. The second-order valence-corrected chi connectivity index (χ2v) is 4.60. The fourth-order valence-electron chi connectivity index (χ4n) is 1.18. The third-order valence-corrected chi connectivity index (χ3v) is 2.49. The molecule has 0 aromatic rings. The lowest BCUT2D eigenvalue weighted by molar-refractivity contribution is -0.0177. The van der Waals surface area contributed by atoms with Gasteiger partial charge in [0.25, 0.3) is 0 Å². The van der Waals surface area contributed by atoms with Gasteiger partial charge in [-0.2, -0.15) is 0 Å². The van der Waals surface area contributed by atoms with E-state index in [1.807, 2.05) is 0 Å². The first-order valence-corrected chi connectivity index (χ1v) is 6.62. The van der Waals surface area contributed by atoms with Gasteiger partial charge in [0.05, 0.1) is 31.5 Å². The van der Waals surface area contributed by atoms with Crippen LogP contribution in [0.5, 0.6) is 0 Å². The number of hydrogen-bond acceptors (Lipinski definition) is 4. The van der Waals surface area contributed by atoms with Crippen molar-refractivity contribution in [2.24, 2.45) is 0 Å². The molecule has 1 saturated carbocycles. The minimum absolute atomic E-state index is 0.00667. The molecule has 0 aromatic heterocycles. The number of ether oxygens (including phenoxy) is 2. The Labute approximate surface area is 105 Å². The van der Waals surface area contributed by atoms with E-state index in [0.717, 1.165) is 13.0 Å². The Morgan fingerprint density at radius 3 is 2.29 bits per heavy atom. The van der Waals surface area contributed by atoms with Crippen molar-refractivity contribution in [3.05, 3.63) is 0 Å². The Hall–Kier alpha value is -0.160. The van der Waals surface area contributed by atoms with E-state index >= 15 is 0 Å². The normalized spacial score (nSPS) is 18.9. The second kappa shape index (κ2) is 11.0. The van der Waals surface area contributed by atoms with Gasteiger partial charge in [0.15, 0.2) is 0 Å². The third-order valence-electron chi connectivity index (χ3n) is 2.49. The summed E-state index contributed by atoms with van der Waals surface area (Å²) in [5.41, 5.74) is 0. The van der Waals surface area contributed by atoms with E-state index in [0.29, 0.717) is 12.7 Å². The van der Waals surface area contributed by atoms with Crippen LogP contribution in [0.15, 0.2) is 0 Å². The maximum absolute atomic E-state index is 8.69. The Balaban J connectivity index is 0.000000302. The quantitative estimate of drug-likeness (QED) is 0.720. The maximum Gasteiger partial charge on any atom is 0.0779 e. The fraction of sp³-hybridized carbons (Fsp3) is 1.00. The van der Waals surface area contributed by atoms with Gasteiger partial charge in [-0.3, -0.25) is 0 Å². The summed E-state index contributed by atoms with van der Waals surface area (Å²) in [7, 11) is 0. The molecule has 17 heavy (non-hydrogen) atoms. The van der Waals surface area contributed by atoms with E-state index in [1.54, 1.807) is 13.8 Å². The monoisotopic (exact) mass is 248 g/mol. The van der Waals surface area contributed by atoms with Crippen LogP contribution in [0.3, 0.4) is 0 Å². The summed E-state index contributed by atoms with van der Waals surface area (Å²) in [6, 6.07) is 0. The van der Waals surface area contributed by atoms with Crippen molar-refractivity contribution >= 4 is 0 Å². The van der Waals surface area contributed by atoms with Crippen LogP contribution in [0.1, 0.15) is 46.5 Å². The van der Waals surface area contributed by atoms with Crippen molar-refractivity contribution in [2.45, 2.75) is 64.8 Å². The molecule has 0 amide bonds. The highest BCUT2D eigenvalue weighted by Crippen LogP contribution is 2.21. The topological polar surface area (TPSA) is 58.9 Å². The summed E-state index contributed by atoms with van der Waals surface area (Å²) in [5.74, 6) is 0. The van der Waals surface area contributed by atoms with Crippen LogP contribution in [-0.4, -0.2) is 48.3 Å². The van der Waals surface area contributed by atoms with Crippen molar-refractivity contribution in [3.8, 4) is 0 Å². The van der Waals surface area contributed by atoms with Gasteiger partial charge in [-0.05, 0) is 39.5 Å². The zero-order valence-electron chi connectivity index (χ0n) is 11.4. The molecule has 2 atom stereocenters. The predicted octanol–water partition coefficient (Wildman–Crippen LogP) is 1.73. The molecule has 1 aliphatic rings. The summed E-state index contributed by atoms with van der Waals surface area (Å²) in [6.07, 6.45) is 5.18. The van der Waals surface area contributed by atoms with Crippen LogP contribution in [0.2, 0.25) is 0 Å². The van der Waals surface area contributed by atoms with Crippen molar-refractivity contribution in [1.82, 2.24) is 0 Å². The summed E-state index contributed by atoms with van der Waals surface area (Å²) < 4.78 is 10.4. The molecule has 2 N–H and O–H groups in total. The van der Waals surface area contributed by atoms with Crippen LogP contribution < -0.4 is 0 Å².